The molecule has 176 valence electrons. The van der Waals surface area contributed by atoms with Gasteiger partial charge in [0.05, 0.1) is 12.8 Å². The Morgan fingerprint density at radius 3 is 2.29 bits per heavy atom. The summed E-state index contributed by atoms with van der Waals surface area (Å²) in [4.78, 5) is 8.86. The number of sulfonamides is 1. The third-order valence-electron chi connectivity index (χ3n) is 4.97. The van der Waals surface area contributed by atoms with Gasteiger partial charge in [-0.3, -0.25) is 4.72 Å². The van der Waals surface area contributed by atoms with E-state index in [0.29, 0.717) is 29.0 Å². The van der Waals surface area contributed by atoms with Crippen molar-refractivity contribution in [3.8, 4) is 23.2 Å². The highest BCUT2D eigenvalue weighted by molar-refractivity contribution is 7.92. The number of methoxy groups -OCH3 is 1. The highest BCUT2D eigenvalue weighted by atomic mass is 32.2. The van der Waals surface area contributed by atoms with Crippen LogP contribution in [0.1, 0.15) is 22.8 Å². The Morgan fingerprint density at radius 2 is 1.65 bits per heavy atom. The minimum atomic E-state index is -3.84. The Bertz CT molecular complexity index is 1450. The van der Waals surface area contributed by atoms with Gasteiger partial charge in [-0.1, -0.05) is 6.07 Å². The molecule has 0 aliphatic heterocycles. The normalized spacial score (nSPS) is 11.3. The van der Waals surface area contributed by atoms with Crippen LogP contribution in [-0.4, -0.2) is 35.3 Å². The largest absolute Gasteiger partial charge is 0.495 e. The molecule has 34 heavy (non-hydrogen) atoms. The fourth-order valence-corrected chi connectivity index (χ4v) is 4.78. The van der Waals surface area contributed by atoms with Crippen LogP contribution in [0.3, 0.4) is 0 Å². The molecule has 0 aliphatic rings. The topological polar surface area (TPSA) is 108 Å². The van der Waals surface area contributed by atoms with E-state index < -0.39 is 10.0 Å². The Balaban J connectivity index is 1.54. The zero-order valence-corrected chi connectivity index (χ0v) is 20.3. The molecule has 0 unspecified atom stereocenters. The van der Waals surface area contributed by atoms with Crippen molar-refractivity contribution >= 4 is 15.7 Å². The van der Waals surface area contributed by atoms with E-state index in [-0.39, 0.29) is 10.6 Å². The van der Waals surface area contributed by atoms with Gasteiger partial charge in [-0.05, 0) is 75.7 Å². The van der Waals surface area contributed by atoms with E-state index in [0.717, 1.165) is 17.0 Å². The molecule has 4 aromatic rings. The first-order chi connectivity index (χ1) is 16.1. The lowest BCUT2D eigenvalue weighted by atomic mass is 10.2. The quantitative estimate of drug-likeness (QED) is 0.416. The minimum Gasteiger partial charge on any atom is -0.495 e. The molecule has 0 fully saturated rings. The summed E-state index contributed by atoms with van der Waals surface area (Å²) in [6, 6.07) is 15.2. The van der Waals surface area contributed by atoms with Crippen molar-refractivity contribution in [3.05, 3.63) is 77.4 Å². The van der Waals surface area contributed by atoms with Gasteiger partial charge >= 0.3 is 0 Å². The Labute approximate surface area is 198 Å². The number of anilines is 1. The maximum absolute atomic E-state index is 12.9. The van der Waals surface area contributed by atoms with Crippen LogP contribution in [0.25, 0.3) is 5.82 Å². The maximum Gasteiger partial charge on any atom is 0.265 e. The lowest BCUT2D eigenvalue weighted by Gasteiger charge is -2.13. The SMILES string of the molecule is COc1ccc(C)cc1S(=O)(=O)Nc1ccc(Oc2cc(-n3nc(C)cc3C)nc(C)n2)cc1. The highest BCUT2D eigenvalue weighted by Crippen LogP contribution is 2.28. The third-order valence-corrected chi connectivity index (χ3v) is 6.37. The average molecular weight is 480 g/mol. The van der Waals surface area contributed by atoms with E-state index in [1.807, 2.05) is 26.8 Å². The number of nitrogens with zero attached hydrogens (tertiary/aromatic N) is 4. The average Bonchev–Trinajstić information content (AvgIpc) is 3.12. The summed E-state index contributed by atoms with van der Waals surface area (Å²) in [5.41, 5.74) is 3.03. The van der Waals surface area contributed by atoms with Crippen LogP contribution < -0.4 is 14.2 Å². The molecule has 0 atom stereocenters. The molecule has 0 saturated heterocycles. The van der Waals surface area contributed by atoms with E-state index in [4.69, 9.17) is 9.47 Å². The van der Waals surface area contributed by atoms with Gasteiger partial charge in [0, 0.05) is 17.4 Å². The molecule has 0 spiro atoms. The zero-order valence-electron chi connectivity index (χ0n) is 19.5. The summed E-state index contributed by atoms with van der Waals surface area (Å²) in [7, 11) is -2.41. The molecule has 2 heterocycles. The molecule has 0 amide bonds. The van der Waals surface area contributed by atoms with Gasteiger partial charge in [-0.2, -0.15) is 10.1 Å². The van der Waals surface area contributed by atoms with Gasteiger partial charge in [0.2, 0.25) is 5.88 Å². The minimum absolute atomic E-state index is 0.0727. The Kier molecular flexibility index (Phi) is 6.25. The van der Waals surface area contributed by atoms with Crippen molar-refractivity contribution in [2.45, 2.75) is 32.6 Å². The number of aromatic nitrogens is 4. The second-order valence-electron chi connectivity index (χ2n) is 7.84. The van der Waals surface area contributed by atoms with Gasteiger partial charge in [-0.25, -0.2) is 18.1 Å². The van der Waals surface area contributed by atoms with E-state index in [1.165, 1.54) is 7.11 Å². The summed E-state index contributed by atoms with van der Waals surface area (Å²) >= 11 is 0. The van der Waals surface area contributed by atoms with Gasteiger partial charge < -0.3 is 9.47 Å². The smallest absolute Gasteiger partial charge is 0.265 e. The van der Waals surface area contributed by atoms with E-state index in [1.54, 1.807) is 60.1 Å². The summed E-state index contributed by atoms with van der Waals surface area (Å²) < 4.78 is 41.2. The van der Waals surface area contributed by atoms with Gasteiger partial charge in [0.25, 0.3) is 10.0 Å². The Morgan fingerprint density at radius 1 is 0.912 bits per heavy atom. The number of nitrogens with one attached hydrogen (secondary N) is 1. The predicted molar refractivity (Wildman–Crippen MR) is 128 cm³/mol. The van der Waals surface area contributed by atoms with E-state index >= 15 is 0 Å². The molecule has 2 aromatic carbocycles. The van der Waals surface area contributed by atoms with Crippen LogP contribution in [0.5, 0.6) is 17.4 Å². The molecule has 10 heteroatoms. The number of ether oxygens (including phenoxy) is 2. The number of hydrogen-bond acceptors (Lipinski definition) is 7. The maximum atomic E-state index is 12.9. The first-order valence-corrected chi connectivity index (χ1v) is 12.0. The van der Waals surface area contributed by atoms with Crippen molar-refractivity contribution in [3.63, 3.8) is 0 Å². The molecular weight excluding hydrogens is 454 g/mol. The van der Waals surface area contributed by atoms with Crippen molar-refractivity contribution in [2.24, 2.45) is 0 Å². The van der Waals surface area contributed by atoms with Crippen LogP contribution in [-0.2, 0) is 10.0 Å². The molecule has 0 bridgehead atoms. The summed E-state index contributed by atoms with van der Waals surface area (Å²) in [5, 5.41) is 4.45. The molecule has 1 N–H and O–H groups in total. The number of hydrogen-bond donors (Lipinski definition) is 1. The van der Waals surface area contributed by atoms with E-state index in [9.17, 15) is 8.42 Å². The number of aryl methyl sites for hydroxylation is 4. The fourth-order valence-electron chi connectivity index (χ4n) is 3.46. The van der Waals surface area contributed by atoms with Gasteiger partial charge in [0.1, 0.15) is 22.2 Å². The standard InChI is InChI=1S/C24H25N5O4S/c1-15-6-11-21(32-5)22(12-15)34(30,31)28-19-7-9-20(10-8-19)33-24-14-23(25-18(4)26-24)29-17(3)13-16(2)27-29/h6-14,28H,1-5H3. The molecule has 0 saturated carbocycles. The van der Waals surface area contributed by atoms with Crippen molar-refractivity contribution in [2.75, 3.05) is 11.8 Å². The molecule has 0 radical (unpaired) electrons. The lowest BCUT2D eigenvalue weighted by molar-refractivity contribution is 0.402. The van der Waals surface area contributed by atoms with Gasteiger partial charge in [-0.15, -0.1) is 0 Å². The summed E-state index contributed by atoms with van der Waals surface area (Å²) in [5.74, 6) is 2.26. The zero-order chi connectivity index (χ0) is 24.5. The molecular formula is C24H25N5O4S. The van der Waals surface area contributed by atoms with Crippen LogP contribution >= 0.6 is 0 Å². The summed E-state index contributed by atoms with van der Waals surface area (Å²) in [6.07, 6.45) is 0. The van der Waals surface area contributed by atoms with Crippen molar-refractivity contribution < 1.29 is 17.9 Å². The first-order valence-electron chi connectivity index (χ1n) is 10.5. The van der Waals surface area contributed by atoms with Crippen molar-refractivity contribution in [1.82, 2.24) is 19.7 Å². The monoisotopic (exact) mass is 479 g/mol. The molecule has 0 aliphatic carbocycles. The van der Waals surface area contributed by atoms with Gasteiger partial charge in [0.15, 0.2) is 5.82 Å². The summed E-state index contributed by atoms with van der Waals surface area (Å²) in [6.45, 7) is 7.46. The number of benzene rings is 2. The third kappa shape index (κ3) is 5.01. The van der Waals surface area contributed by atoms with Crippen LogP contribution in [0.2, 0.25) is 0 Å². The molecule has 9 nitrogen and oxygen atoms in total. The van der Waals surface area contributed by atoms with Crippen LogP contribution in [0.15, 0.2) is 59.5 Å². The number of rotatable bonds is 7. The second-order valence-corrected chi connectivity index (χ2v) is 9.49. The Hall–Kier alpha value is -3.92. The first kappa shape index (κ1) is 23.2. The van der Waals surface area contributed by atoms with Crippen molar-refractivity contribution in [1.29, 1.82) is 0 Å². The lowest BCUT2D eigenvalue weighted by Crippen LogP contribution is -2.14. The van der Waals surface area contributed by atoms with E-state index in [2.05, 4.69) is 19.8 Å². The van der Waals surface area contributed by atoms with Crippen LogP contribution in [0, 0.1) is 27.7 Å². The van der Waals surface area contributed by atoms with Crippen LogP contribution in [0.4, 0.5) is 5.69 Å². The highest BCUT2D eigenvalue weighted by Gasteiger charge is 2.20. The molecule has 2 aromatic heterocycles. The second kappa shape index (κ2) is 9.14. The fraction of sp³-hybridized carbons (Fsp3) is 0.208. The molecule has 4 rings (SSSR count). The predicted octanol–water partition coefficient (Wildman–Crippen LogP) is 4.50.